The second kappa shape index (κ2) is 15.1. The minimum absolute atomic E-state index is 0.621. The van der Waals surface area contributed by atoms with Gasteiger partial charge in [0.15, 0.2) is 17.5 Å². The number of aromatic nitrogens is 3. The van der Waals surface area contributed by atoms with Crippen molar-refractivity contribution in [1.82, 2.24) is 15.0 Å². The first-order valence-corrected chi connectivity index (χ1v) is 20.3. The number of fused-ring (bicyclic) bond motifs is 3. The molecule has 10 aromatic carbocycles. The van der Waals surface area contributed by atoms with Gasteiger partial charge in [0, 0.05) is 16.7 Å². The van der Waals surface area contributed by atoms with E-state index in [-0.39, 0.29) is 0 Å². The molecule has 0 aliphatic rings. The van der Waals surface area contributed by atoms with E-state index >= 15 is 0 Å². The molecule has 280 valence electrons. The van der Waals surface area contributed by atoms with Crippen LogP contribution in [0.3, 0.4) is 0 Å². The molecule has 60 heavy (non-hydrogen) atoms. The van der Waals surface area contributed by atoms with Crippen LogP contribution in [0.5, 0.6) is 0 Å². The number of benzene rings is 10. The van der Waals surface area contributed by atoms with Gasteiger partial charge in [-0.25, -0.2) is 15.0 Å². The van der Waals surface area contributed by atoms with Crippen molar-refractivity contribution in [3.8, 4) is 78.7 Å². The highest BCUT2D eigenvalue weighted by Gasteiger charge is 2.17. The zero-order valence-electron chi connectivity index (χ0n) is 32.7. The minimum atomic E-state index is 0.621. The third-order valence-electron chi connectivity index (χ3n) is 11.5. The maximum absolute atomic E-state index is 5.28. The van der Waals surface area contributed by atoms with Crippen LogP contribution in [-0.4, -0.2) is 15.0 Å². The quantitative estimate of drug-likeness (QED) is 0.162. The van der Waals surface area contributed by atoms with Gasteiger partial charge in [0.1, 0.15) is 0 Å². The van der Waals surface area contributed by atoms with Crippen LogP contribution in [0.2, 0.25) is 0 Å². The Hall–Kier alpha value is -8.01. The molecular formula is C57H37N3. The van der Waals surface area contributed by atoms with E-state index in [4.69, 9.17) is 15.0 Å². The van der Waals surface area contributed by atoms with E-state index in [0.717, 1.165) is 44.2 Å². The summed E-state index contributed by atoms with van der Waals surface area (Å²) in [6.07, 6.45) is 0. The van der Waals surface area contributed by atoms with Gasteiger partial charge in [-0.3, -0.25) is 0 Å². The summed E-state index contributed by atoms with van der Waals surface area (Å²) in [5, 5.41) is 7.05. The molecule has 0 saturated heterocycles. The van der Waals surface area contributed by atoms with Gasteiger partial charge >= 0.3 is 0 Å². The number of hydrogen-bond donors (Lipinski definition) is 0. The summed E-state index contributed by atoms with van der Waals surface area (Å²) in [5.74, 6) is 1.88. The molecular weight excluding hydrogens is 727 g/mol. The molecule has 3 nitrogen and oxygen atoms in total. The van der Waals surface area contributed by atoms with Gasteiger partial charge in [-0.15, -0.1) is 0 Å². The van der Waals surface area contributed by atoms with Gasteiger partial charge in [-0.1, -0.05) is 206 Å². The molecule has 0 fully saturated rings. The number of nitrogens with zero attached hydrogens (tertiary/aromatic N) is 3. The third-order valence-corrected chi connectivity index (χ3v) is 11.5. The summed E-state index contributed by atoms with van der Waals surface area (Å²) in [7, 11) is 0. The van der Waals surface area contributed by atoms with E-state index in [1.165, 1.54) is 49.4 Å². The first-order chi connectivity index (χ1) is 29.7. The summed E-state index contributed by atoms with van der Waals surface area (Å²) < 4.78 is 0. The lowest BCUT2D eigenvalue weighted by atomic mass is 9.92. The van der Waals surface area contributed by atoms with Crippen LogP contribution in [0.4, 0.5) is 0 Å². The molecule has 0 atom stereocenters. The van der Waals surface area contributed by atoms with Crippen molar-refractivity contribution in [1.29, 1.82) is 0 Å². The van der Waals surface area contributed by atoms with Crippen LogP contribution in [0.1, 0.15) is 0 Å². The van der Waals surface area contributed by atoms with Gasteiger partial charge in [0.25, 0.3) is 0 Å². The van der Waals surface area contributed by atoms with E-state index in [1.54, 1.807) is 0 Å². The summed E-state index contributed by atoms with van der Waals surface area (Å²) in [6.45, 7) is 0. The second-order valence-electron chi connectivity index (χ2n) is 15.2. The lowest BCUT2D eigenvalue weighted by Gasteiger charge is -2.14. The van der Waals surface area contributed by atoms with Crippen molar-refractivity contribution >= 4 is 32.3 Å². The van der Waals surface area contributed by atoms with Gasteiger partial charge in [-0.2, -0.15) is 0 Å². The lowest BCUT2D eigenvalue weighted by Crippen LogP contribution is -2.01. The summed E-state index contributed by atoms with van der Waals surface area (Å²) in [4.78, 5) is 15.8. The second-order valence-corrected chi connectivity index (χ2v) is 15.2. The molecule has 11 aromatic rings. The van der Waals surface area contributed by atoms with Crippen LogP contribution < -0.4 is 0 Å². The van der Waals surface area contributed by atoms with Crippen molar-refractivity contribution in [2.24, 2.45) is 0 Å². The molecule has 0 aliphatic carbocycles. The first kappa shape index (κ1) is 35.2. The fourth-order valence-corrected chi connectivity index (χ4v) is 8.60. The lowest BCUT2D eigenvalue weighted by molar-refractivity contribution is 1.08. The number of hydrogen-bond acceptors (Lipinski definition) is 3. The molecule has 0 unspecified atom stereocenters. The molecule has 1 heterocycles. The number of rotatable bonds is 7. The van der Waals surface area contributed by atoms with E-state index in [2.05, 4.69) is 224 Å². The largest absolute Gasteiger partial charge is 0.208 e. The predicted molar refractivity (Wildman–Crippen MR) is 250 cm³/mol. The zero-order chi connectivity index (χ0) is 39.8. The molecule has 0 bridgehead atoms. The molecule has 0 saturated carbocycles. The van der Waals surface area contributed by atoms with Crippen LogP contribution in [0.25, 0.3) is 111 Å². The maximum Gasteiger partial charge on any atom is 0.164 e. The Bertz CT molecular complexity index is 3370. The maximum atomic E-state index is 5.28. The Morgan fingerprint density at radius 2 is 0.617 bits per heavy atom. The Labute approximate surface area is 349 Å². The van der Waals surface area contributed by atoms with Crippen LogP contribution in [0.15, 0.2) is 224 Å². The fourth-order valence-electron chi connectivity index (χ4n) is 8.60. The highest BCUT2D eigenvalue weighted by molar-refractivity contribution is 6.05. The van der Waals surface area contributed by atoms with Gasteiger partial charge < -0.3 is 0 Å². The predicted octanol–water partition coefficient (Wildman–Crippen LogP) is 15.0. The Balaban J connectivity index is 1.08. The monoisotopic (exact) mass is 763 g/mol. The normalized spacial score (nSPS) is 11.3. The molecule has 0 amide bonds. The molecule has 3 heteroatoms. The average Bonchev–Trinajstić information content (AvgIpc) is 3.33. The first-order valence-electron chi connectivity index (χ1n) is 20.3. The van der Waals surface area contributed by atoms with Crippen molar-refractivity contribution < 1.29 is 0 Å². The van der Waals surface area contributed by atoms with E-state index < -0.39 is 0 Å². The fraction of sp³-hybridized carbons (Fsp3) is 0. The van der Waals surface area contributed by atoms with Crippen molar-refractivity contribution in [2.45, 2.75) is 0 Å². The standard InChI is InChI=1S/C57H37N3/c1-3-15-38(16-4-1)41-33-34-51-42(35-41)23-12-32-54(51)57-59-55(45-24-9-21-43(36-45)49-27-11-20-40-19-7-8-26-47(40)49)58-56(60-57)46-25-10-22-44(37-46)50-29-14-30-52-48(28-13-31-53(50)52)39-17-5-2-6-18-39/h1-37H. The van der Waals surface area contributed by atoms with E-state index in [9.17, 15) is 0 Å². The minimum Gasteiger partial charge on any atom is -0.208 e. The van der Waals surface area contributed by atoms with Crippen molar-refractivity contribution in [2.75, 3.05) is 0 Å². The van der Waals surface area contributed by atoms with Crippen molar-refractivity contribution in [3.05, 3.63) is 224 Å². The Morgan fingerprint density at radius 1 is 0.200 bits per heavy atom. The van der Waals surface area contributed by atoms with Crippen LogP contribution >= 0.6 is 0 Å². The van der Waals surface area contributed by atoms with Crippen LogP contribution in [-0.2, 0) is 0 Å². The molecule has 11 rings (SSSR count). The molecule has 0 spiro atoms. The van der Waals surface area contributed by atoms with Gasteiger partial charge in [0.05, 0.1) is 0 Å². The Kier molecular flexibility index (Phi) is 8.83. The molecule has 1 aromatic heterocycles. The molecule has 0 radical (unpaired) electrons. The SMILES string of the molecule is c1ccc(-c2ccc3c(-c4nc(-c5cccc(-c6cccc7ccccc67)c5)nc(-c5cccc(-c6cccc7c(-c8ccccc8)cccc67)c5)n4)cccc3c2)cc1. The summed E-state index contributed by atoms with van der Waals surface area (Å²) >= 11 is 0. The average molecular weight is 764 g/mol. The van der Waals surface area contributed by atoms with Gasteiger partial charge in [-0.05, 0) is 95.0 Å². The third kappa shape index (κ3) is 6.49. The molecule has 0 N–H and O–H groups in total. The van der Waals surface area contributed by atoms with E-state index in [0.29, 0.717) is 17.5 Å². The summed E-state index contributed by atoms with van der Waals surface area (Å²) in [6, 6.07) is 79.5. The highest BCUT2D eigenvalue weighted by Crippen LogP contribution is 2.38. The topological polar surface area (TPSA) is 38.7 Å². The van der Waals surface area contributed by atoms with E-state index in [1.807, 2.05) is 0 Å². The smallest absolute Gasteiger partial charge is 0.164 e. The van der Waals surface area contributed by atoms with Crippen LogP contribution in [0, 0.1) is 0 Å². The zero-order valence-corrected chi connectivity index (χ0v) is 32.7. The molecule has 0 aliphatic heterocycles. The van der Waals surface area contributed by atoms with Gasteiger partial charge in [0.2, 0.25) is 0 Å². The Morgan fingerprint density at radius 3 is 1.28 bits per heavy atom. The highest BCUT2D eigenvalue weighted by atomic mass is 15.0. The van der Waals surface area contributed by atoms with Crippen molar-refractivity contribution in [3.63, 3.8) is 0 Å². The summed E-state index contributed by atoms with van der Waals surface area (Å²) in [5.41, 5.74) is 12.1.